The Kier molecular flexibility index (Phi) is 3.31. The minimum absolute atomic E-state index is 0.0264. The molecule has 0 amide bonds. The number of benzene rings is 1. The summed E-state index contributed by atoms with van der Waals surface area (Å²) in [6.07, 6.45) is 0. The SMILES string of the molecule is Cc1cc(N)n(C(C)c2ccc(Cl)c(Cl)c2)n1. The fourth-order valence-corrected chi connectivity index (χ4v) is 2.07. The van der Waals surface area contributed by atoms with Crippen molar-refractivity contribution in [1.29, 1.82) is 0 Å². The summed E-state index contributed by atoms with van der Waals surface area (Å²) in [5.74, 6) is 0.640. The first-order chi connectivity index (χ1) is 7.99. The van der Waals surface area contributed by atoms with E-state index in [1.807, 2.05) is 32.0 Å². The average Bonchev–Trinajstić information content (AvgIpc) is 2.61. The molecular formula is C12H13Cl2N3. The molecule has 2 aromatic rings. The summed E-state index contributed by atoms with van der Waals surface area (Å²) in [5.41, 5.74) is 7.81. The predicted molar refractivity (Wildman–Crippen MR) is 71.7 cm³/mol. The van der Waals surface area contributed by atoms with Gasteiger partial charge in [-0.1, -0.05) is 29.3 Å². The molecule has 2 N–H and O–H groups in total. The van der Waals surface area contributed by atoms with Crippen LogP contribution >= 0.6 is 23.2 Å². The maximum Gasteiger partial charge on any atom is 0.122 e. The number of hydrogen-bond donors (Lipinski definition) is 1. The quantitative estimate of drug-likeness (QED) is 0.904. The lowest BCUT2D eigenvalue weighted by atomic mass is 10.1. The summed E-state index contributed by atoms with van der Waals surface area (Å²) in [4.78, 5) is 0. The first kappa shape index (κ1) is 12.3. The number of nitrogen functional groups attached to an aromatic ring is 1. The topological polar surface area (TPSA) is 43.8 Å². The number of nitrogens with two attached hydrogens (primary N) is 1. The third kappa shape index (κ3) is 2.40. The summed E-state index contributed by atoms with van der Waals surface area (Å²) < 4.78 is 1.77. The van der Waals surface area contributed by atoms with Crippen molar-refractivity contribution in [2.24, 2.45) is 0 Å². The zero-order chi connectivity index (χ0) is 12.6. The van der Waals surface area contributed by atoms with Gasteiger partial charge < -0.3 is 5.73 Å². The van der Waals surface area contributed by atoms with E-state index in [0.717, 1.165) is 11.3 Å². The summed E-state index contributed by atoms with van der Waals surface area (Å²) >= 11 is 11.9. The average molecular weight is 270 g/mol. The van der Waals surface area contributed by atoms with Gasteiger partial charge in [0.1, 0.15) is 5.82 Å². The third-order valence-corrected chi connectivity index (χ3v) is 3.42. The normalized spacial score (nSPS) is 12.7. The second kappa shape index (κ2) is 4.59. The highest BCUT2D eigenvalue weighted by Gasteiger charge is 2.13. The molecule has 0 radical (unpaired) electrons. The minimum atomic E-state index is 0.0264. The first-order valence-corrected chi connectivity index (χ1v) is 6.01. The summed E-state index contributed by atoms with van der Waals surface area (Å²) in [7, 11) is 0. The van der Waals surface area contributed by atoms with Crippen LogP contribution in [-0.4, -0.2) is 9.78 Å². The van der Waals surface area contributed by atoms with Crippen molar-refractivity contribution in [3.05, 3.63) is 45.6 Å². The lowest BCUT2D eigenvalue weighted by Crippen LogP contribution is -2.11. The van der Waals surface area contributed by atoms with Crippen molar-refractivity contribution in [2.75, 3.05) is 5.73 Å². The number of rotatable bonds is 2. The van der Waals surface area contributed by atoms with Crippen molar-refractivity contribution in [3.8, 4) is 0 Å². The molecule has 90 valence electrons. The van der Waals surface area contributed by atoms with Crippen molar-refractivity contribution in [1.82, 2.24) is 9.78 Å². The van der Waals surface area contributed by atoms with Gasteiger partial charge in [-0.2, -0.15) is 5.10 Å². The number of nitrogens with zero attached hydrogens (tertiary/aromatic N) is 2. The molecule has 3 nitrogen and oxygen atoms in total. The lowest BCUT2D eigenvalue weighted by Gasteiger charge is -2.15. The van der Waals surface area contributed by atoms with E-state index in [9.17, 15) is 0 Å². The Morgan fingerprint density at radius 1 is 1.24 bits per heavy atom. The van der Waals surface area contributed by atoms with Crippen LogP contribution in [-0.2, 0) is 0 Å². The molecule has 1 aromatic heterocycles. The van der Waals surface area contributed by atoms with Gasteiger partial charge in [-0.15, -0.1) is 0 Å². The zero-order valence-electron chi connectivity index (χ0n) is 9.61. The van der Waals surface area contributed by atoms with Gasteiger partial charge in [0, 0.05) is 6.07 Å². The van der Waals surface area contributed by atoms with E-state index in [0.29, 0.717) is 15.9 Å². The molecule has 2 rings (SSSR count). The molecule has 1 unspecified atom stereocenters. The van der Waals surface area contributed by atoms with Crippen LogP contribution in [0.25, 0.3) is 0 Å². The number of hydrogen-bond acceptors (Lipinski definition) is 2. The standard InChI is InChI=1S/C12H13Cl2N3/c1-7-5-12(15)17(16-7)8(2)9-3-4-10(13)11(14)6-9/h3-6,8H,15H2,1-2H3. The van der Waals surface area contributed by atoms with Gasteiger partial charge in [0.2, 0.25) is 0 Å². The minimum Gasteiger partial charge on any atom is -0.384 e. The second-order valence-corrected chi connectivity index (χ2v) is 4.82. The van der Waals surface area contributed by atoms with E-state index in [4.69, 9.17) is 28.9 Å². The van der Waals surface area contributed by atoms with Crippen molar-refractivity contribution < 1.29 is 0 Å². The lowest BCUT2D eigenvalue weighted by molar-refractivity contribution is 0.569. The highest BCUT2D eigenvalue weighted by atomic mass is 35.5. The fourth-order valence-electron chi connectivity index (χ4n) is 1.76. The van der Waals surface area contributed by atoms with Gasteiger partial charge in [-0.3, -0.25) is 0 Å². The van der Waals surface area contributed by atoms with Gasteiger partial charge in [0.15, 0.2) is 0 Å². The van der Waals surface area contributed by atoms with Gasteiger partial charge in [0.25, 0.3) is 0 Å². The Labute approximate surface area is 110 Å². The molecule has 0 aliphatic carbocycles. The van der Waals surface area contributed by atoms with Gasteiger partial charge in [-0.05, 0) is 31.5 Å². The number of aromatic nitrogens is 2. The van der Waals surface area contributed by atoms with E-state index in [-0.39, 0.29) is 6.04 Å². The molecule has 1 atom stereocenters. The van der Waals surface area contributed by atoms with Crippen LogP contribution in [0.1, 0.15) is 24.2 Å². The largest absolute Gasteiger partial charge is 0.384 e. The maximum absolute atomic E-state index is 6.00. The molecule has 0 spiro atoms. The van der Waals surface area contributed by atoms with Crippen LogP contribution in [0.5, 0.6) is 0 Å². The van der Waals surface area contributed by atoms with Crippen LogP contribution in [0.2, 0.25) is 10.0 Å². The monoisotopic (exact) mass is 269 g/mol. The summed E-state index contributed by atoms with van der Waals surface area (Å²) in [6, 6.07) is 7.41. The predicted octanol–water partition coefficient (Wildman–Crippen LogP) is 3.69. The van der Waals surface area contributed by atoms with E-state index >= 15 is 0 Å². The van der Waals surface area contributed by atoms with E-state index < -0.39 is 0 Å². The number of halogens is 2. The summed E-state index contributed by atoms with van der Waals surface area (Å²) in [5, 5.41) is 5.44. The molecule has 5 heteroatoms. The van der Waals surface area contributed by atoms with Gasteiger partial charge in [0.05, 0.1) is 21.8 Å². The molecule has 0 saturated heterocycles. The molecule has 1 aromatic carbocycles. The molecule has 0 fully saturated rings. The number of anilines is 1. The fraction of sp³-hybridized carbons (Fsp3) is 0.250. The molecule has 0 bridgehead atoms. The first-order valence-electron chi connectivity index (χ1n) is 5.25. The van der Waals surface area contributed by atoms with Crippen molar-refractivity contribution in [3.63, 3.8) is 0 Å². The highest BCUT2D eigenvalue weighted by Crippen LogP contribution is 2.28. The smallest absolute Gasteiger partial charge is 0.122 e. The van der Waals surface area contributed by atoms with Crippen LogP contribution in [0.15, 0.2) is 24.3 Å². The Morgan fingerprint density at radius 2 is 1.94 bits per heavy atom. The van der Waals surface area contributed by atoms with Crippen LogP contribution in [0.4, 0.5) is 5.82 Å². The molecule has 17 heavy (non-hydrogen) atoms. The molecule has 0 aliphatic rings. The van der Waals surface area contributed by atoms with Crippen LogP contribution < -0.4 is 5.73 Å². The number of aryl methyl sites for hydroxylation is 1. The van der Waals surface area contributed by atoms with E-state index in [1.165, 1.54) is 0 Å². The second-order valence-electron chi connectivity index (χ2n) is 4.00. The van der Waals surface area contributed by atoms with Crippen LogP contribution in [0.3, 0.4) is 0 Å². The Balaban J connectivity index is 2.40. The van der Waals surface area contributed by atoms with E-state index in [2.05, 4.69) is 5.10 Å². The zero-order valence-corrected chi connectivity index (χ0v) is 11.1. The molecule has 1 heterocycles. The Hall–Kier alpha value is -1.19. The summed E-state index contributed by atoms with van der Waals surface area (Å²) in [6.45, 7) is 3.93. The van der Waals surface area contributed by atoms with Gasteiger partial charge >= 0.3 is 0 Å². The van der Waals surface area contributed by atoms with Crippen LogP contribution in [0, 0.1) is 6.92 Å². The molecule has 0 aliphatic heterocycles. The van der Waals surface area contributed by atoms with Crippen molar-refractivity contribution >= 4 is 29.0 Å². The molecular weight excluding hydrogens is 257 g/mol. The van der Waals surface area contributed by atoms with Crippen molar-refractivity contribution in [2.45, 2.75) is 19.9 Å². The van der Waals surface area contributed by atoms with Gasteiger partial charge in [-0.25, -0.2) is 4.68 Å². The van der Waals surface area contributed by atoms with E-state index in [1.54, 1.807) is 10.7 Å². The Morgan fingerprint density at radius 3 is 2.47 bits per heavy atom. The molecule has 0 saturated carbocycles. The Bertz CT molecular complexity index is 549. The highest BCUT2D eigenvalue weighted by molar-refractivity contribution is 6.42. The maximum atomic E-state index is 6.00. The third-order valence-electron chi connectivity index (χ3n) is 2.68.